The highest BCUT2D eigenvalue weighted by Crippen LogP contribution is 2.25. The first-order valence-electron chi connectivity index (χ1n) is 6.28. The maximum atomic E-state index is 9.44. The van der Waals surface area contributed by atoms with Gasteiger partial charge in [0, 0.05) is 5.39 Å². The molecule has 0 atom stereocenters. The number of pyridine rings is 1. The van der Waals surface area contributed by atoms with E-state index in [-0.39, 0.29) is 11.5 Å². The fourth-order valence-electron chi connectivity index (χ4n) is 2.00. The number of rotatable bonds is 2. The predicted octanol–water partition coefficient (Wildman–Crippen LogP) is 3.82. The van der Waals surface area contributed by atoms with Crippen molar-refractivity contribution in [2.24, 2.45) is 0 Å². The molecule has 0 bridgehead atoms. The zero-order chi connectivity index (χ0) is 13.9. The molecule has 2 N–H and O–H groups in total. The minimum Gasteiger partial charge on any atom is -0.504 e. The lowest BCUT2D eigenvalue weighted by Gasteiger charge is -2.00. The maximum absolute atomic E-state index is 9.44. The highest BCUT2D eigenvalue weighted by Gasteiger charge is 1.98. The number of aromatic hydroxyl groups is 2. The van der Waals surface area contributed by atoms with Crippen molar-refractivity contribution in [3.63, 3.8) is 0 Å². The molecule has 0 fully saturated rings. The first-order chi connectivity index (χ1) is 9.72. The van der Waals surface area contributed by atoms with E-state index in [0.717, 1.165) is 22.2 Å². The summed E-state index contributed by atoms with van der Waals surface area (Å²) >= 11 is 0. The lowest BCUT2D eigenvalue weighted by Crippen LogP contribution is -1.82. The highest BCUT2D eigenvalue weighted by molar-refractivity contribution is 5.80. The summed E-state index contributed by atoms with van der Waals surface area (Å²) in [6, 6.07) is 16.6. The number of benzene rings is 2. The molecule has 0 amide bonds. The Hall–Kier alpha value is -2.81. The van der Waals surface area contributed by atoms with Gasteiger partial charge in [-0.1, -0.05) is 36.4 Å². The van der Waals surface area contributed by atoms with Crippen LogP contribution in [0, 0.1) is 0 Å². The standard InChI is InChI=1S/C17H13NO2/c19-16-10-6-12(11-17(16)20)5-8-14-9-7-13-3-1-2-4-15(13)18-14/h1-11,19-20H. The fraction of sp³-hybridized carbons (Fsp3) is 0. The molecule has 0 saturated carbocycles. The minimum atomic E-state index is -0.126. The van der Waals surface area contributed by atoms with Crippen LogP contribution in [-0.2, 0) is 0 Å². The maximum Gasteiger partial charge on any atom is 0.157 e. The number of phenolic OH excluding ortho intramolecular Hbond substituents is 2. The summed E-state index contributed by atoms with van der Waals surface area (Å²) in [6.07, 6.45) is 3.72. The van der Waals surface area contributed by atoms with Crippen LogP contribution in [0.5, 0.6) is 11.5 Å². The van der Waals surface area contributed by atoms with Crippen LogP contribution in [-0.4, -0.2) is 15.2 Å². The van der Waals surface area contributed by atoms with Crippen LogP contribution in [0.15, 0.2) is 54.6 Å². The summed E-state index contributed by atoms with van der Waals surface area (Å²) in [5.74, 6) is -0.246. The SMILES string of the molecule is Oc1ccc(C=Cc2ccc3ccccc3n2)cc1O. The molecule has 20 heavy (non-hydrogen) atoms. The Labute approximate surface area is 116 Å². The predicted molar refractivity (Wildman–Crippen MR) is 80.4 cm³/mol. The molecular formula is C17H13NO2. The molecule has 1 heterocycles. The van der Waals surface area contributed by atoms with Gasteiger partial charge in [0.2, 0.25) is 0 Å². The monoisotopic (exact) mass is 263 g/mol. The van der Waals surface area contributed by atoms with Crippen LogP contribution in [0.3, 0.4) is 0 Å². The van der Waals surface area contributed by atoms with Crippen molar-refractivity contribution in [3.05, 3.63) is 65.9 Å². The van der Waals surface area contributed by atoms with Crippen LogP contribution >= 0.6 is 0 Å². The molecule has 0 saturated heterocycles. The minimum absolute atomic E-state index is 0.119. The van der Waals surface area contributed by atoms with Crippen LogP contribution < -0.4 is 0 Å². The number of phenols is 2. The Bertz CT molecular complexity index is 794. The molecule has 3 rings (SSSR count). The quantitative estimate of drug-likeness (QED) is 0.691. The number of aromatic nitrogens is 1. The summed E-state index contributed by atoms with van der Waals surface area (Å²) in [4.78, 5) is 4.53. The van der Waals surface area contributed by atoms with Gasteiger partial charge in [-0.2, -0.15) is 0 Å². The number of para-hydroxylation sites is 1. The van der Waals surface area contributed by atoms with Crippen molar-refractivity contribution >= 4 is 23.1 Å². The van der Waals surface area contributed by atoms with E-state index in [4.69, 9.17) is 0 Å². The van der Waals surface area contributed by atoms with E-state index in [1.54, 1.807) is 6.07 Å². The third kappa shape index (κ3) is 2.47. The van der Waals surface area contributed by atoms with Crippen molar-refractivity contribution < 1.29 is 10.2 Å². The second-order valence-corrected chi connectivity index (χ2v) is 4.51. The van der Waals surface area contributed by atoms with Gasteiger partial charge in [0.1, 0.15) is 0 Å². The molecule has 0 unspecified atom stereocenters. The molecule has 0 spiro atoms. The van der Waals surface area contributed by atoms with E-state index in [1.165, 1.54) is 12.1 Å². The third-order valence-corrected chi connectivity index (χ3v) is 3.07. The van der Waals surface area contributed by atoms with Crippen molar-refractivity contribution in [1.82, 2.24) is 4.98 Å². The number of hydrogen-bond donors (Lipinski definition) is 2. The summed E-state index contributed by atoms with van der Waals surface area (Å²) in [5, 5.41) is 19.8. The fourth-order valence-corrected chi connectivity index (χ4v) is 2.00. The molecule has 0 radical (unpaired) electrons. The molecule has 3 heteroatoms. The number of nitrogens with zero attached hydrogens (tertiary/aromatic N) is 1. The lowest BCUT2D eigenvalue weighted by atomic mass is 10.1. The van der Waals surface area contributed by atoms with E-state index in [1.807, 2.05) is 48.6 Å². The first kappa shape index (κ1) is 12.2. The molecule has 3 aromatic rings. The Morgan fingerprint density at radius 1 is 0.800 bits per heavy atom. The summed E-state index contributed by atoms with van der Waals surface area (Å²) in [6.45, 7) is 0. The number of hydrogen-bond acceptors (Lipinski definition) is 3. The van der Waals surface area contributed by atoms with Gasteiger partial charge >= 0.3 is 0 Å². The Morgan fingerprint density at radius 2 is 1.65 bits per heavy atom. The average Bonchev–Trinajstić information content (AvgIpc) is 2.48. The van der Waals surface area contributed by atoms with Gasteiger partial charge in [-0.05, 0) is 35.9 Å². The van der Waals surface area contributed by atoms with Crippen LogP contribution in [0.25, 0.3) is 23.1 Å². The van der Waals surface area contributed by atoms with Crippen molar-refractivity contribution in [3.8, 4) is 11.5 Å². The lowest BCUT2D eigenvalue weighted by molar-refractivity contribution is 0.403. The van der Waals surface area contributed by atoms with Crippen LogP contribution in [0.1, 0.15) is 11.3 Å². The van der Waals surface area contributed by atoms with E-state index >= 15 is 0 Å². The Balaban J connectivity index is 1.91. The topological polar surface area (TPSA) is 53.4 Å². The molecule has 0 aliphatic carbocycles. The molecule has 0 aliphatic heterocycles. The van der Waals surface area contributed by atoms with E-state index in [2.05, 4.69) is 4.98 Å². The average molecular weight is 263 g/mol. The smallest absolute Gasteiger partial charge is 0.157 e. The van der Waals surface area contributed by atoms with E-state index < -0.39 is 0 Å². The first-order valence-corrected chi connectivity index (χ1v) is 6.28. The Morgan fingerprint density at radius 3 is 2.50 bits per heavy atom. The molecule has 1 aromatic heterocycles. The summed E-state index contributed by atoms with van der Waals surface area (Å²) in [5.41, 5.74) is 2.59. The van der Waals surface area contributed by atoms with Crippen molar-refractivity contribution in [2.75, 3.05) is 0 Å². The van der Waals surface area contributed by atoms with Gasteiger partial charge < -0.3 is 10.2 Å². The summed E-state index contributed by atoms with van der Waals surface area (Å²) < 4.78 is 0. The summed E-state index contributed by atoms with van der Waals surface area (Å²) in [7, 11) is 0. The van der Waals surface area contributed by atoms with Crippen LogP contribution in [0.4, 0.5) is 0 Å². The molecule has 98 valence electrons. The molecule has 3 nitrogen and oxygen atoms in total. The zero-order valence-electron chi connectivity index (χ0n) is 10.7. The van der Waals surface area contributed by atoms with Crippen molar-refractivity contribution in [1.29, 1.82) is 0 Å². The van der Waals surface area contributed by atoms with Gasteiger partial charge in [0.25, 0.3) is 0 Å². The molecule has 0 aliphatic rings. The second kappa shape index (κ2) is 5.05. The van der Waals surface area contributed by atoms with E-state index in [0.29, 0.717) is 0 Å². The normalized spacial score (nSPS) is 11.2. The zero-order valence-corrected chi connectivity index (χ0v) is 10.7. The van der Waals surface area contributed by atoms with Gasteiger partial charge in [-0.15, -0.1) is 0 Å². The second-order valence-electron chi connectivity index (χ2n) is 4.51. The van der Waals surface area contributed by atoms with Gasteiger partial charge in [0.05, 0.1) is 11.2 Å². The van der Waals surface area contributed by atoms with Gasteiger partial charge in [-0.3, -0.25) is 0 Å². The van der Waals surface area contributed by atoms with Crippen LogP contribution in [0.2, 0.25) is 0 Å². The molecule has 2 aromatic carbocycles. The highest BCUT2D eigenvalue weighted by atomic mass is 16.3. The Kier molecular flexibility index (Phi) is 3.09. The number of fused-ring (bicyclic) bond motifs is 1. The van der Waals surface area contributed by atoms with Gasteiger partial charge in [-0.25, -0.2) is 4.98 Å². The molecular weight excluding hydrogens is 250 g/mol. The van der Waals surface area contributed by atoms with E-state index in [9.17, 15) is 10.2 Å². The largest absolute Gasteiger partial charge is 0.504 e. The van der Waals surface area contributed by atoms with Gasteiger partial charge in [0.15, 0.2) is 11.5 Å². The van der Waals surface area contributed by atoms with Crippen molar-refractivity contribution in [2.45, 2.75) is 0 Å². The third-order valence-electron chi connectivity index (χ3n) is 3.07.